The summed E-state index contributed by atoms with van der Waals surface area (Å²) in [5, 5.41) is 11.5. The third-order valence-corrected chi connectivity index (χ3v) is 2.07. The van der Waals surface area contributed by atoms with Crippen LogP contribution in [0.5, 0.6) is 0 Å². The zero-order valence-electron chi connectivity index (χ0n) is 9.06. The molecule has 0 bridgehead atoms. The van der Waals surface area contributed by atoms with Gasteiger partial charge in [0.05, 0.1) is 5.56 Å². The highest BCUT2D eigenvalue weighted by Crippen LogP contribution is 2.05. The minimum absolute atomic E-state index is 0.103. The summed E-state index contributed by atoms with van der Waals surface area (Å²) in [7, 11) is 0. The lowest BCUT2D eigenvalue weighted by Gasteiger charge is -2.05. The Morgan fingerprint density at radius 1 is 1.50 bits per heavy atom. The quantitative estimate of drug-likeness (QED) is 0.736. The van der Waals surface area contributed by atoms with Crippen molar-refractivity contribution in [2.24, 2.45) is 0 Å². The van der Waals surface area contributed by atoms with E-state index in [2.05, 4.69) is 10.3 Å². The van der Waals surface area contributed by atoms with Gasteiger partial charge in [0.1, 0.15) is 0 Å². The zero-order valence-corrected chi connectivity index (χ0v) is 9.06. The minimum atomic E-state index is -1.19. The van der Waals surface area contributed by atoms with Gasteiger partial charge in [-0.1, -0.05) is 13.3 Å². The van der Waals surface area contributed by atoms with E-state index in [0.29, 0.717) is 6.54 Å². The lowest BCUT2D eigenvalue weighted by molar-refractivity contribution is 0.0684. The Morgan fingerprint density at radius 3 is 2.88 bits per heavy atom. The summed E-state index contributed by atoms with van der Waals surface area (Å²) in [5.41, 5.74) is -0.109. The molecule has 0 atom stereocenters. The number of carboxylic acids is 1. The Balaban J connectivity index is 2.78. The first-order valence-electron chi connectivity index (χ1n) is 5.13. The van der Waals surface area contributed by atoms with Crippen molar-refractivity contribution in [3.05, 3.63) is 29.6 Å². The Hall–Kier alpha value is -1.91. The molecule has 1 aromatic rings. The molecule has 0 aliphatic heterocycles. The lowest BCUT2D eigenvalue weighted by Crippen LogP contribution is -2.26. The number of rotatable bonds is 5. The van der Waals surface area contributed by atoms with Crippen molar-refractivity contribution in [2.75, 3.05) is 6.54 Å². The molecule has 86 valence electrons. The lowest BCUT2D eigenvalue weighted by atomic mass is 10.2. The van der Waals surface area contributed by atoms with E-state index in [1.54, 1.807) is 6.07 Å². The molecule has 1 rings (SSSR count). The standard InChI is InChI=1S/C11H14N2O3/c1-2-3-6-13-10(14)8-5-4-7-12-9(8)11(15)16/h4-5,7H,2-3,6H2,1H3,(H,13,14)(H,15,16). The van der Waals surface area contributed by atoms with Crippen LogP contribution in [0.1, 0.15) is 40.6 Å². The van der Waals surface area contributed by atoms with E-state index in [9.17, 15) is 9.59 Å². The second-order valence-electron chi connectivity index (χ2n) is 3.31. The van der Waals surface area contributed by atoms with Crippen molar-refractivity contribution in [3.63, 3.8) is 0 Å². The molecule has 1 amide bonds. The van der Waals surface area contributed by atoms with Gasteiger partial charge in [0, 0.05) is 12.7 Å². The molecule has 0 fully saturated rings. The Bertz CT molecular complexity index is 391. The van der Waals surface area contributed by atoms with Crippen LogP contribution in [0.3, 0.4) is 0 Å². The number of nitrogens with one attached hydrogen (secondary N) is 1. The molecule has 0 aromatic carbocycles. The third kappa shape index (κ3) is 3.05. The smallest absolute Gasteiger partial charge is 0.355 e. The van der Waals surface area contributed by atoms with Crippen LogP contribution in [-0.2, 0) is 0 Å². The fraction of sp³-hybridized carbons (Fsp3) is 0.364. The number of carbonyl (C=O) groups excluding carboxylic acids is 1. The normalized spacial score (nSPS) is 9.81. The topological polar surface area (TPSA) is 79.3 Å². The first-order chi connectivity index (χ1) is 7.66. The molecule has 0 radical (unpaired) electrons. The van der Waals surface area contributed by atoms with Crippen LogP contribution < -0.4 is 5.32 Å². The summed E-state index contributed by atoms with van der Waals surface area (Å²) in [6, 6.07) is 3.00. The number of aromatic nitrogens is 1. The van der Waals surface area contributed by atoms with Gasteiger partial charge in [0.25, 0.3) is 5.91 Å². The van der Waals surface area contributed by atoms with Crippen LogP contribution >= 0.6 is 0 Å². The highest BCUT2D eigenvalue weighted by Gasteiger charge is 2.16. The monoisotopic (exact) mass is 222 g/mol. The molecular formula is C11H14N2O3. The molecule has 0 aliphatic carbocycles. The van der Waals surface area contributed by atoms with Crippen molar-refractivity contribution in [1.29, 1.82) is 0 Å². The highest BCUT2D eigenvalue weighted by atomic mass is 16.4. The van der Waals surface area contributed by atoms with Crippen molar-refractivity contribution in [1.82, 2.24) is 10.3 Å². The van der Waals surface area contributed by atoms with Gasteiger partial charge in [-0.2, -0.15) is 0 Å². The van der Waals surface area contributed by atoms with E-state index < -0.39 is 5.97 Å². The zero-order chi connectivity index (χ0) is 12.0. The van der Waals surface area contributed by atoms with Gasteiger partial charge in [-0.3, -0.25) is 4.79 Å². The predicted molar refractivity (Wildman–Crippen MR) is 58.4 cm³/mol. The first-order valence-corrected chi connectivity index (χ1v) is 5.13. The van der Waals surface area contributed by atoms with Crippen LogP contribution in [0.4, 0.5) is 0 Å². The van der Waals surface area contributed by atoms with Gasteiger partial charge >= 0.3 is 5.97 Å². The molecule has 0 saturated heterocycles. The van der Waals surface area contributed by atoms with E-state index in [0.717, 1.165) is 12.8 Å². The number of carbonyl (C=O) groups is 2. The summed E-state index contributed by atoms with van der Waals surface area (Å²) in [6.45, 7) is 2.56. The number of pyridine rings is 1. The van der Waals surface area contributed by atoms with E-state index in [-0.39, 0.29) is 17.2 Å². The molecule has 0 unspecified atom stereocenters. The van der Waals surface area contributed by atoms with Crippen molar-refractivity contribution >= 4 is 11.9 Å². The maximum atomic E-state index is 11.6. The van der Waals surface area contributed by atoms with Crippen molar-refractivity contribution in [2.45, 2.75) is 19.8 Å². The van der Waals surface area contributed by atoms with E-state index >= 15 is 0 Å². The van der Waals surface area contributed by atoms with Crippen LogP contribution in [-0.4, -0.2) is 28.5 Å². The number of amides is 1. The van der Waals surface area contributed by atoms with Crippen LogP contribution in [0, 0.1) is 0 Å². The van der Waals surface area contributed by atoms with Crippen molar-refractivity contribution in [3.8, 4) is 0 Å². The summed E-state index contributed by atoms with van der Waals surface area (Å²) >= 11 is 0. The number of unbranched alkanes of at least 4 members (excludes halogenated alkanes) is 1. The van der Waals surface area contributed by atoms with Gasteiger partial charge in [-0.25, -0.2) is 9.78 Å². The van der Waals surface area contributed by atoms with Crippen LogP contribution in [0.15, 0.2) is 18.3 Å². The van der Waals surface area contributed by atoms with Crippen LogP contribution in [0.2, 0.25) is 0 Å². The highest BCUT2D eigenvalue weighted by molar-refractivity contribution is 6.03. The molecule has 0 aliphatic rings. The average molecular weight is 222 g/mol. The average Bonchev–Trinajstić information content (AvgIpc) is 2.29. The summed E-state index contributed by atoms with van der Waals surface area (Å²) < 4.78 is 0. The van der Waals surface area contributed by atoms with E-state index in [4.69, 9.17) is 5.11 Å². The molecular weight excluding hydrogens is 208 g/mol. The Kier molecular flexibility index (Phi) is 4.44. The number of nitrogens with zero attached hydrogens (tertiary/aromatic N) is 1. The summed E-state index contributed by atoms with van der Waals surface area (Å²) in [5.74, 6) is -1.58. The van der Waals surface area contributed by atoms with Gasteiger partial charge in [0.15, 0.2) is 5.69 Å². The maximum Gasteiger partial charge on any atom is 0.355 e. The molecule has 5 nitrogen and oxygen atoms in total. The molecule has 5 heteroatoms. The molecule has 16 heavy (non-hydrogen) atoms. The molecule has 0 spiro atoms. The summed E-state index contributed by atoms with van der Waals surface area (Å²) in [4.78, 5) is 26.1. The van der Waals surface area contributed by atoms with Gasteiger partial charge in [-0.05, 0) is 18.6 Å². The largest absolute Gasteiger partial charge is 0.476 e. The SMILES string of the molecule is CCCCNC(=O)c1cccnc1C(=O)O. The van der Waals surface area contributed by atoms with Gasteiger partial charge < -0.3 is 10.4 Å². The van der Waals surface area contributed by atoms with Gasteiger partial charge in [-0.15, -0.1) is 0 Å². The fourth-order valence-electron chi connectivity index (χ4n) is 1.23. The molecule has 1 aromatic heterocycles. The second kappa shape index (κ2) is 5.85. The molecule has 0 saturated carbocycles. The number of hydrogen-bond acceptors (Lipinski definition) is 3. The van der Waals surface area contributed by atoms with Gasteiger partial charge in [0.2, 0.25) is 0 Å². The third-order valence-electron chi connectivity index (χ3n) is 2.07. The predicted octanol–water partition coefficient (Wildman–Crippen LogP) is 1.31. The Labute approximate surface area is 93.5 Å². The number of hydrogen-bond donors (Lipinski definition) is 2. The van der Waals surface area contributed by atoms with Crippen molar-refractivity contribution < 1.29 is 14.7 Å². The fourth-order valence-corrected chi connectivity index (χ4v) is 1.23. The number of aromatic carboxylic acids is 1. The second-order valence-corrected chi connectivity index (χ2v) is 3.31. The maximum absolute atomic E-state index is 11.6. The molecule has 2 N–H and O–H groups in total. The molecule has 1 heterocycles. The van der Waals surface area contributed by atoms with Crippen LogP contribution in [0.25, 0.3) is 0 Å². The summed E-state index contributed by atoms with van der Waals surface area (Å²) in [6.07, 6.45) is 3.19. The Morgan fingerprint density at radius 2 is 2.25 bits per heavy atom. The minimum Gasteiger partial charge on any atom is -0.476 e. The number of carboxylic acid groups (broad SMARTS) is 1. The van der Waals surface area contributed by atoms with E-state index in [1.165, 1.54) is 12.3 Å². The first kappa shape index (κ1) is 12.2. The van der Waals surface area contributed by atoms with E-state index in [1.807, 2.05) is 6.92 Å².